The minimum Gasteiger partial charge on any atom is -0.488 e. The van der Waals surface area contributed by atoms with Crippen LogP contribution < -0.4 is 4.74 Å². The Morgan fingerprint density at radius 3 is 2.04 bits per heavy atom. The summed E-state index contributed by atoms with van der Waals surface area (Å²) < 4.78 is 11.8. The van der Waals surface area contributed by atoms with Crippen LogP contribution in [0.15, 0.2) is 97.6 Å². The molecule has 4 aromatic rings. The molecule has 0 aliphatic rings. The number of fused-ring (bicyclic) bond motifs is 2. The first kappa shape index (κ1) is 17.8. The number of rotatable bonds is 6. The third-order valence-electron chi connectivity index (χ3n) is 4.70. The normalized spacial score (nSPS) is 11.9. The molecule has 0 saturated heterocycles. The van der Waals surface area contributed by atoms with Gasteiger partial charge < -0.3 is 9.47 Å². The molecular weight excluding hydrogens is 348 g/mol. The maximum Gasteiger partial charge on any atom is 0.330 e. The zero-order chi connectivity index (χ0) is 19.3. The number of hydrogen-bond acceptors (Lipinski definition) is 3. The smallest absolute Gasteiger partial charge is 0.330 e. The predicted octanol–water partition coefficient (Wildman–Crippen LogP) is 5.84. The monoisotopic (exact) mass is 368 g/mol. The van der Waals surface area contributed by atoms with E-state index in [1.54, 1.807) is 0 Å². The van der Waals surface area contributed by atoms with Crippen molar-refractivity contribution in [1.82, 2.24) is 0 Å². The molecule has 4 rings (SSSR count). The summed E-state index contributed by atoms with van der Waals surface area (Å²) in [5.41, 5.74) is 0.877. The van der Waals surface area contributed by atoms with Crippen molar-refractivity contribution >= 4 is 27.5 Å². The van der Waals surface area contributed by atoms with Crippen LogP contribution in [0.2, 0.25) is 0 Å². The Morgan fingerprint density at radius 1 is 0.857 bits per heavy atom. The quantitative estimate of drug-likeness (QED) is 0.244. The molecule has 3 heteroatoms. The minimum absolute atomic E-state index is 0.210. The van der Waals surface area contributed by atoms with Gasteiger partial charge in [0.25, 0.3) is 0 Å². The van der Waals surface area contributed by atoms with Gasteiger partial charge in [-0.1, -0.05) is 85.4 Å². The van der Waals surface area contributed by atoms with E-state index in [2.05, 4.69) is 24.8 Å². The number of esters is 1. The highest BCUT2D eigenvalue weighted by molar-refractivity contribution is 6.05. The minimum atomic E-state index is -0.524. The molecule has 0 bridgehead atoms. The van der Waals surface area contributed by atoms with E-state index in [9.17, 15) is 4.79 Å². The van der Waals surface area contributed by atoms with Crippen molar-refractivity contribution in [2.24, 2.45) is 0 Å². The Balaban J connectivity index is 1.73. The van der Waals surface area contributed by atoms with Crippen LogP contribution in [-0.4, -0.2) is 12.6 Å². The highest BCUT2D eigenvalue weighted by Crippen LogP contribution is 2.35. The van der Waals surface area contributed by atoms with E-state index >= 15 is 0 Å². The first-order valence-corrected chi connectivity index (χ1v) is 9.17. The molecule has 0 fully saturated rings. The number of carbonyl (C=O) groups is 1. The summed E-state index contributed by atoms with van der Waals surface area (Å²) in [5, 5.41) is 4.28. The second kappa shape index (κ2) is 7.97. The maximum atomic E-state index is 11.8. The Hall–Kier alpha value is -3.59. The molecule has 1 atom stereocenters. The molecule has 0 heterocycles. The third kappa shape index (κ3) is 3.60. The topological polar surface area (TPSA) is 35.5 Å². The Labute approximate surface area is 163 Å². The molecule has 3 nitrogen and oxygen atoms in total. The average Bonchev–Trinajstić information content (AvgIpc) is 2.76. The van der Waals surface area contributed by atoms with E-state index in [1.807, 2.05) is 66.7 Å². The van der Waals surface area contributed by atoms with Crippen molar-refractivity contribution in [3.05, 3.63) is 103 Å². The lowest BCUT2D eigenvalue weighted by atomic mass is 10.0. The number of ether oxygens (including phenoxy) is 2. The van der Waals surface area contributed by atoms with Crippen LogP contribution in [-0.2, 0) is 9.53 Å². The fourth-order valence-corrected chi connectivity index (χ4v) is 3.34. The summed E-state index contributed by atoms with van der Waals surface area (Å²) in [4.78, 5) is 11.8. The number of hydrogen-bond donors (Lipinski definition) is 0. The molecule has 0 spiro atoms. The first-order valence-electron chi connectivity index (χ1n) is 9.17. The van der Waals surface area contributed by atoms with Gasteiger partial charge >= 0.3 is 5.97 Å². The second-order valence-electron chi connectivity index (χ2n) is 6.50. The zero-order valence-electron chi connectivity index (χ0n) is 15.4. The van der Waals surface area contributed by atoms with Gasteiger partial charge in [0.2, 0.25) is 0 Å². The van der Waals surface area contributed by atoms with Gasteiger partial charge in [-0.2, -0.15) is 0 Å². The van der Waals surface area contributed by atoms with Gasteiger partial charge in [0.15, 0.2) is 6.10 Å². The molecule has 1 unspecified atom stereocenters. The molecule has 0 aliphatic heterocycles. The van der Waals surface area contributed by atoms with Crippen molar-refractivity contribution in [3.8, 4) is 5.75 Å². The van der Waals surface area contributed by atoms with Crippen LogP contribution >= 0.6 is 0 Å². The zero-order valence-corrected chi connectivity index (χ0v) is 15.4. The largest absolute Gasteiger partial charge is 0.488 e. The molecule has 28 heavy (non-hydrogen) atoms. The summed E-state index contributed by atoms with van der Waals surface area (Å²) >= 11 is 0. The van der Waals surface area contributed by atoms with Crippen molar-refractivity contribution in [2.45, 2.75) is 6.10 Å². The van der Waals surface area contributed by atoms with Crippen LogP contribution in [0, 0.1) is 0 Å². The third-order valence-corrected chi connectivity index (χ3v) is 4.70. The van der Waals surface area contributed by atoms with Gasteiger partial charge in [0.05, 0.1) is 0 Å². The van der Waals surface area contributed by atoms with Crippen LogP contribution in [0.4, 0.5) is 0 Å². The Bertz CT molecular complexity index is 1080. The second-order valence-corrected chi connectivity index (χ2v) is 6.50. The number of carbonyl (C=O) groups excluding carboxylic acids is 1. The van der Waals surface area contributed by atoms with E-state index in [4.69, 9.17) is 9.47 Å². The highest BCUT2D eigenvalue weighted by Gasteiger charge is 2.18. The van der Waals surface area contributed by atoms with Crippen molar-refractivity contribution in [1.29, 1.82) is 0 Å². The summed E-state index contributed by atoms with van der Waals surface area (Å²) in [5.74, 6) is 0.324. The van der Waals surface area contributed by atoms with Crippen molar-refractivity contribution < 1.29 is 14.3 Å². The fourth-order valence-electron chi connectivity index (χ4n) is 3.34. The van der Waals surface area contributed by atoms with E-state index in [0.717, 1.165) is 32.9 Å². The standard InChI is InChI=1S/C25H20O3/c1-2-24(26)28-23(18-10-4-3-5-11-18)17-27-25-21-14-8-6-12-19(21)16-20-13-7-9-15-22(20)25/h2-16,23H,1,17H2. The molecular formula is C25H20O3. The van der Waals surface area contributed by atoms with E-state index in [-0.39, 0.29) is 6.61 Å². The van der Waals surface area contributed by atoms with Crippen LogP contribution in [0.1, 0.15) is 11.7 Å². The molecule has 4 aromatic carbocycles. The van der Waals surface area contributed by atoms with E-state index in [1.165, 1.54) is 6.08 Å². The molecule has 0 radical (unpaired) electrons. The summed E-state index contributed by atoms with van der Waals surface area (Å²) in [6.45, 7) is 3.70. The maximum absolute atomic E-state index is 11.8. The summed E-state index contributed by atoms with van der Waals surface area (Å²) in [6.07, 6.45) is 0.646. The predicted molar refractivity (Wildman–Crippen MR) is 112 cm³/mol. The van der Waals surface area contributed by atoms with Gasteiger partial charge in [-0.05, 0) is 22.4 Å². The van der Waals surface area contributed by atoms with Gasteiger partial charge in [0.1, 0.15) is 12.4 Å². The van der Waals surface area contributed by atoms with E-state index in [0.29, 0.717) is 0 Å². The molecule has 0 saturated carbocycles. The SMILES string of the molecule is C=CC(=O)OC(COc1c2ccccc2cc2ccccc12)c1ccccc1. The average molecular weight is 368 g/mol. The van der Waals surface area contributed by atoms with Crippen molar-refractivity contribution in [2.75, 3.05) is 6.61 Å². The highest BCUT2D eigenvalue weighted by atomic mass is 16.6. The molecule has 138 valence electrons. The van der Waals surface area contributed by atoms with Gasteiger partial charge in [-0.15, -0.1) is 0 Å². The van der Waals surface area contributed by atoms with Gasteiger partial charge in [0, 0.05) is 16.8 Å². The molecule has 0 amide bonds. The van der Waals surface area contributed by atoms with Crippen molar-refractivity contribution in [3.63, 3.8) is 0 Å². The number of benzene rings is 4. The van der Waals surface area contributed by atoms with E-state index < -0.39 is 12.1 Å². The lowest BCUT2D eigenvalue weighted by Crippen LogP contribution is -2.17. The van der Waals surface area contributed by atoms with Crippen LogP contribution in [0.25, 0.3) is 21.5 Å². The lowest BCUT2D eigenvalue weighted by Gasteiger charge is -2.20. The Morgan fingerprint density at radius 2 is 1.43 bits per heavy atom. The van der Waals surface area contributed by atoms with Crippen LogP contribution in [0.3, 0.4) is 0 Å². The molecule has 0 N–H and O–H groups in total. The summed E-state index contributed by atoms with van der Waals surface area (Å²) in [6, 6.07) is 28.0. The van der Waals surface area contributed by atoms with Gasteiger partial charge in [-0.25, -0.2) is 4.79 Å². The molecule has 0 aliphatic carbocycles. The van der Waals surface area contributed by atoms with Crippen LogP contribution in [0.5, 0.6) is 5.75 Å². The van der Waals surface area contributed by atoms with Gasteiger partial charge in [-0.3, -0.25) is 0 Å². The first-order chi connectivity index (χ1) is 13.8. The molecule has 0 aromatic heterocycles. The summed E-state index contributed by atoms with van der Waals surface area (Å²) in [7, 11) is 0. The Kier molecular flexibility index (Phi) is 5.07. The lowest BCUT2D eigenvalue weighted by molar-refractivity contribution is -0.144. The fraction of sp³-hybridized carbons (Fsp3) is 0.0800.